The van der Waals surface area contributed by atoms with E-state index in [0.717, 1.165) is 6.42 Å². The third kappa shape index (κ3) is 3.35. The van der Waals surface area contributed by atoms with Gasteiger partial charge >= 0.3 is 0 Å². The molecule has 0 spiro atoms. The van der Waals surface area contributed by atoms with Crippen molar-refractivity contribution in [2.24, 2.45) is 4.99 Å². The quantitative estimate of drug-likeness (QED) is 0.658. The van der Waals surface area contributed by atoms with Crippen LogP contribution in [0.5, 0.6) is 0 Å². The second-order valence-electron chi connectivity index (χ2n) is 3.58. The van der Waals surface area contributed by atoms with Crippen LogP contribution in [-0.4, -0.2) is 13.3 Å². The van der Waals surface area contributed by atoms with E-state index in [1.807, 2.05) is 13.1 Å². The minimum Gasteiger partial charge on any atom is -0.296 e. The molecule has 0 bridgehead atoms. The maximum atomic E-state index is 4.05. The molecule has 0 N–H and O–H groups in total. The zero-order valence-electron chi connectivity index (χ0n) is 9.83. The third-order valence-corrected chi connectivity index (χ3v) is 2.41. The van der Waals surface area contributed by atoms with Gasteiger partial charge in [0.2, 0.25) is 0 Å². The molecule has 1 aromatic carbocycles. The molecule has 0 aliphatic heterocycles. The lowest BCUT2D eigenvalue weighted by atomic mass is 10.0. The third-order valence-electron chi connectivity index (χ3n) is 2.41. The number of aryl methyl sites for hydroxylation is 1. The largest absolute Gasteiger partial charge is 0.296 e. The first kappa shape index (κ1) is 11.7. The van der Waals surface area contributed by atoms with Crippen LogP contribution < -0.4 is 0 Å². The van der Waals surface area contributed by atoms with Crippen LogP contribution in [0.2, 0.25) is 0 Å². The van der Waals surface area contributed by atoms with Crippen molar-refractivity contribution in [3.05, 3.63) is 41.5 Å². The fourth-order valence-corrected chi connectivity index (χ4v) is 1.61. The van der Waals surface area contributed by atoms with E-state index in [2.05, 4.69) is 42.3 Å². The SMILES string of the molecule is C/C=C(\C=N/C)c1ccc(CCC)cc1. The van der Waals surface area contributed by atoms with Gasteiger partial charge in [0, 0.05) is 13.3 Å². The van der Waals surface area contributed by atoms with Crippen molar-refractivity contribution in [1.82, 2.24) is 0 Å². The first-order chi connectivity index (χ1) is 7.31. The first-order valence-electron chi connectivity index (χ1n) is 5.49. The molecule has 0 aliphatic rings. The molecule has 0 aromatic heterocycles. The molecule has 0 amide bonds. The second-order valence-corrected chi connectivity index (χ2v) is 3.58. The van der Waals surface area contributed by atoms with Crippen molar-refractivity contribution in [3.63, 3.8) is 0 Å². The summed E-state index contributed by atoms with van der Waals surface area (Å²) in [6, 6.07) is 8.74. The number of aliphatic imine (C=N–C) groups is 1. The molecular formula is C14H19N. The lowest BCUT2D eigenvalue weighted by molar-refractivity contribution is 0.922. The molecule has 1 rings (SSSR count). The number of nitrogens with zero attached hydrogens (tertiary/aromatic N) is 1. The molecule has 0 radical (unpaired) electrons. The standard InChI is InChI=1S/C14H19N/c1-4-6-12-7-9-14(10-8-12)13(5-2)11-15-3/h5,7-11H,4,6H2,1-3H3/b13-5+,15-11-. The van der Waals surface area contributed by atoms with Crippen molar-refractivity contribution in [1.29, 1.82) is 0 Å². The summed E-state index contributed by atoms with van der Waals surface area (Å²) < 4.78 is 0. The number of allylic oxidation sites excluding steroid dienone is 2. The Bertz CT molecular complexity index is 344. The van der Waals surface area contributed by atoms with Crippen LogP contribution in [0.25, 0.3) is 5.57 Å². The maximum absolute atomic E-state index is 4.05. The van der Waals surface area contributed by atoms with Crippen LogP contribution in [0.4, 0.5) is 0 Å². The first-order valence-corrected chi connectivity index (χ1v) is 5.49. The van der Waals surface area contributed by atoms with E-state index in [9.17, 15) is 0 Å². The average Bonchev–Trinajstić information content (AvgIpc) is 2.28. The predicted octanol–water partition coefficient (Wildman–Crippen LogP) is 3.74. The smallest absolute Gasteiger partial charge is 0.0284 e. The Morgan fingerprint density at radius 3 is 2.40 bits per heavy atom. The molecule has 0 saturated carbocycles. The van der Waals surface area contributed by atoms with Gasteiger partial charge in [0.1, 0.15) is 0 Å². The van der Waals surface area contributed by atoms with Gasteiger partial charge in [-0.05, 0) is 30.0 Å². The number of hydrogen-bond acceptors (Lipinski definition) is 1. The van der Waals surface area contributed by atoms with Gasteiger partial charge in [-0.1, -0.05) is 43.7 Å². The van der Waals surface area contributed by atoms with E-state index in [0.29, 0.717) is 0 Å². The summed E-state index contributed by atoms with van der Waals surface area (Å²) in [5.74, 6) is 0. The fourth-order valence-electron chi connectivity index (χ4n) is 1.61. The molecule has 80 valence electrons. The molecule has 0 aliphatic carbocycles. The lowest BCUT2D eigenvalue weighted by Gasteiger charge is -2.03. The van der Waals surface area contributed by atoms with Gasteiger partial charge in [0.15, 0.2) is 0 Å². The van der Waals surface area contributed by atoms with E-state index >= 15 is 0 Å². The van der Waals surface area contributed by atoms with Gasteiger partial charge in [0.25, 0.3) is 0 Å². The van der Waals surface area contributed by atoms with Gasteiger partial charge in [0.05, 0.1) is 0 Å². The summed E-state index contributed by atoms with van der Waals surface area (Å²) in [4.78, 5) is 4.05. The number of benzene rings is 1. The fraction of sp³-hybridized carbons (Fsp3) is 0.357. The Kier molecular flexibility index (Phi) is 4.82. The maximum Gasteiger partial charge on any atom is 0.0284 e. The zero-order chi connectivity index (χ0) is 11.1. The number of rotatable bonds is 4. The van der Waals surface area contributed by atoms with E-state index in [1.54, 1.807) is 7.05 Å². The highest BCUT2D eigenvalue weighted by Crippen LogP contribution is 2.14. The molecule has 1 nitrogen and oxygen atoms in total. The Balaban J connectivity index is 2.87. The van der Waals surface area contributed by atoms with Gasteiger partial charge < -0.3 is 0 Å². The predicted molar refractivity (Wildman–Crippen MR) is 68.5 cm³/mol. The molecule has 1 heteroatoms. The van der Waals surface area contributed by atoms with E-state index in [-0.39, 0.29) is 0 Å². The molecule has 15 heavy (non-hydrogen) atoms. The minimum atomic E-state index is 1.16. The Labute approximate surface area is 92.6 Å². The van der Waals surface area contributed by atoms with Crippen LogP contribution in [-0.2, 0) is 6.42 Å². The normalized spacial score (nSPS) is 12.3. The van der Waals surface area contributed by atoms with Gasteiger partial charge in [-0.2, -0.15) is 0 Å². The van der Waals surface area contributed by atoms with Crippen LogP contribution in [0.3, 0.4) is 0 Å². The van der Waals surface area contributed by atoms with Crippen LogP contribution in [0, 0.1) is 0 Å². The molecular weight excluding hydrogens is 182 g/mol. The molecule has 0 heterocycles. The monoisotopic (exact) mass is 201 g/mol. The average molecular weight is 201 g/mol. The Morgan fingerprint density at radius 1 is 1.27 bits per heavy atom. The molecule has 1 aromatic rings. The summed E-state index contributed by atoms with van der Waals surface area (Å²) in [7, 11) is 1.80. The Hall–Kier alpha value is -1.37. The zero-order valence-corrected chi connectivity index (χ0v) is 9.83. The summed E-state index contributed by atoms with van der Waals surface area (Å²) in [6.07, 6.45) is 6.34. The summed E-state index contributed by atoms with van der Waals surface area (Å²) in [6.45, 7) is 4.24. The summed E-state index contributed by atoms with van der Waals surface area (Å²) in [5, 5.41) is 0. The van der Waals surface area contributed by atoms with Crippen LogP contribution in [0.1, 0.15) is 31.4 Å². The van der Waals surface area contributed by atoms with E-state index in [4.69, 9.17) is 0 Å². The van der Waals surface area contributed by atoms with Crippen molar-refractivity contribution in [2.75, 3.05) is 7.05 Å². The van der Waals surface area contributed by atoms with Gasteiger partial charge in [-0.25, -0.2) is 0 Å². The molecule has 0 fully saturated rings. The van der Waals surface area contributed by atoms with Crippen molar-refractivity contribution in [2.45, 2.75) is 26.7 Å². The van der Waals surface area contributed by atoms with Crippen LogP contribution >= 0.6 is 0 Å². The van der Waals surface area contributed by atoms with Crippen LogP contribution in [0.15, 0.2) is 35.3 Å². The highest BCUT2D eigenvalue weighted by molar-refractivity contribution is 6.09. The number of hydrogen-bond donors (Lipinski definition) is 0. The van der Waals surface area contributed by atoms with Gasteiger partial charge in [-0.15, -0.1) is 0 Å². The van der Waals surface area contributed by atoms with E-state index in [1.165, 1.54) is 23.1 Å². The van der Waals surface area contributed by atoms with Crippen molar-refractivity contribution >= 4 is 11.8 Å². The van der Waals surface area contributed by atoms with E-state index < -0.39 is 0 Å². The summed E-state index contributed by atoms with van der Waals surface area (Å²) >= 11 is 0. The van der Waals surface area contributed by atoms with Crippen molar-refractivity contribution in [3.8, 4) is 0 Å². The second kappa shape index (κ2) is 6.18. The summed E-state index contributed by atoms with van der Waals surface area (Å²) in [5.41, 5.74) is 3.83. The highest BCUT2D eigenvalue weighted by Gasteiger charge is 1.97. The molecule has 0 saturated heterocycles. The minimum absolute atomic E-state index is 1.16. The lowest BCUT2D eigenvalue weighted by Crippen LogP contribution is -1.88. The van der Waals surface area contributed by atoms with Gasteiger partial charge in [-0.3, -0.25) is 4.99 Å². The molecule has 0 unspecified atom stereocenters. The van der Waals surface area contributed by atoms with Crippen molar-refractivity contribution < 1.29 is 0 Å². The highest BCUT2D eigenvalue weighted by atomic mass is 14.6. The topological polar surface area (TPSA) is 12.4 Å². The Morgan fingerprint density at radius 2 is 1.93 bits per heavy atom. The molecule has 0 atom stereocenters.